The van der Waals surface area contributed by atoms with E-state index in [-0.39, 0.29) is 0 Å². The fraction of sp³-hybridized carbons (Fsp3) is 0.737. The Morgan fingerprint density at radius 3 is 2.52 bits per heavy atom. The van der Waals surface area contributed by atoms with Crippen LogP contribution in [0, 0.1) is 5.92 Å². The van der Waals surface area contributed by atoms with Gasteiger partial charge in [0.25, 0.3) is 0 Å². The SMILES string of the molecule is O=C(CC1CCN(c2cc(C3CCC3)ncn2)CC1)N1CCSCC1. The molecule has 3 aliphatic rings. The second-order valence-electron chi connectivity index (χ2n) is 7.56. The minimum Gasteiger partial charge on any atom is -0.356 e. The molecular formula is C19H28N4OS. The molecule has 4 rings (SSSR count). The van der Waals surface area contributed by atoms with Crippen molar-refractivity contribution in [2.45, 2.75) is 44.4 Å². The Kier molecular flexibility index (Phi) is 5.44. The van der Waals surface area contributed by atoms with Gasteiger partial charge in [-0.25, -0.2) is 9.97 Å². The van der Waals surface area contributed by atoms with Crippen molar-refractivity contribution in [2.24, 2.45) is 5.92 Å². The van der Waals surface area contributed by atoms with Gasteiger partial charge in [-0.05, 0) is 31.6 Å². The largest absolute Gasteiger partial charge is 0.356 e. The molecule has 0 atom stereocenters. The maximum absolute atomic E-state index is 12.5. The normalized spacial score (nSPS) is 22.7. The number of thioether (sulfide) groups is 1. The molecule has 25 heavy (non-hydrogen) atoms. The van der Waals surface area contributed by atoms with Crippen molar-refractivity contribution in [3.05, 3.63) is 18.1 Å². The van der Waals surface area contributed by atoms with Crippen LogP contribution in [0.15, 0.2) is 12.4 Å². The van der Waals surface area contributed by atoms with E-state index < -0.39 is 0 Å². The van der Waals surface area contributed by atoms with Gasteiger partial charge >= 0.3 is 0 Å². The average Bonchev–Trinajstić information content (AvgIpc) is 2.62. The number of hydrogen-bond acceptors (Lipinski definition) is 5. The molecule has 0 unspecified atom stereocenters. The van der Waals surface area contributed by atoms with Gasteiger partial charge in [0.2, 0.25) is 5.91 Å². The van der Waals surface area contributed by atoms with Gasteiger partial charge in [-0.3, -0.25) is 4.79 Å². The second kappa shape index (κ2) is 7.94. The molecule has 2 aliphatic heterocycles. The van der Waals surface area contributed by atoms with Gasteiger partial charge in [-0.2, -0.15) is 11.8 Å². The Balaban J connectivity index is 1.28. The van der Waals surface area contributed by atoms with Gasteiger partial charge in [0.1, 0.15) is 12.1 Å². The number of amides is 1. The Bertz CT molecular complexity index is 593. The summed E-state index contributed by atoms with van der Waals surface area (Å²) < 4.78 is 0. The molecule has 2 saturated heterocycles. The minimum atomic E-state index is 0.369. The zero-order chi connectivity index (χ0) is 17.1. The van der Waals surface area contributed by atoms with Crippen LogP contribution in [0.1, 0.15) is 50.1 Å². The van der Waals surface area contributed by atoms with E-state index in [1.54, 1.807) is 6.33 Å². The van der Waals surface area contributed by atoms with E-state index in [1.165, 1.54) is 25.0 Å². The van der Waals surface area contributed by atoms with Crippen LogP contribution < -0.4 is 4.90 Å². The highest BCUT2D eigenvalue weighted by molar-refractivity contribution is 7.99. The fourth-order valence-corrected chi connectivity index (χ4v) is 4.92. The number of piperidine rings is 1. The third kappa shape index (κ3) is 4.10. The first-order valence-corrected chi connectivity index (χ1v) is 10.9. The van der Waals surface area contributed by atoms with Crippen LogP contribution in [0.25, 0.3) is 0 Å². The van der Waals surface area contributed by atoms with Crippen LogP contribution in [0.5, 0.6) is 0 Å². The standard InChI is InChI=1S/C19H28N4OS/c24-19(23-8-10-25-11-9-23)12-15-4-6-22(7-5-15)18-13-17(20-14-21-18)16-2-1-3-16/h13-16H,1-12H2. The van der Waals surface area contributed by atoms with Gasteiger partial charge < -0.3 is 9.80 Å². The first-order valence-electron chi connectivity index (χ1n) is 9.72. The third-order valence-corrected chi connectivity index (χ3v) is 6.91. The lowest BCUT2D eigenvalue weighted by Crippen LogP contribution is -2.40. The zero-order valence-electron chi connectivity index (χ0n) is 14.9. The van der Waals surface area contributed by atoms with Crippen molar-refractivity contribution in [3.63, 3.8) is 0 Å². The van der Waals surface area contributed by atoms with E-state index in [9.17, 15) is 4.79 Å². The van der Waals surface area contributed by atoms with Gasteiger partial charge in [0, 0.05) is 61.8 Å². The average molecular weight is 361 g/mol. The lowest BCUT2D eigenvalue weighted by Gasteiger charge is -2.34. The Morgan fingerprint density at radius 2 is 1.84 bits per heavy atom. The topological polar surface area (TPSA) is 49.3 Å². The van der Waals surface area contributed by atoms with Crippen molar-refractivity contribution >= 4 is 23.5 Å². The monoisotopic (exact) mass is 360 g/mol. The predicted octanol–water partition coefficient (Wildman–Crippen LogP) is 2.93. The fourth-order valence-electron chi connectivity index (χ4n) is 4.02. The molecule has 0 N–H and O–H groups in total. The van der Waals surface area contributed by atoms with Gasteiger partial charge in [0.15, 0.2) is 0 Å². The summed E-state index contributed by atoms with van der Waals surface area (Å²) in [5, 5.41) is 0. The van der Waals surface area contributed by atoms with Gasteiger partial charge in [-0.15, -0.1) is 0 Å². The number of rotatable bonds is 4. The predicted molar refractivity (Wildman–Crippen MR) is 102 cm³/mol. The van der Waals surface area contributed by atoms with Gasteiger partial charge in [0.05, 0.1) is 0 Å². The van der Waals surface area contributed by atoms with E-state index in [0.717, 1.165) is 62.8 Å². The van der Waals surface area contributed by atoms with Crippen LogP contribution in [0.3, 0.4) is 0 Å². The molecule has 1 saturated carbocycles. The molecule has 1 aliphatic carbocycles. The van der Waals surface area contributed by atoms with E-state index in [0.29, 0.717) is 17.7 Å². The molecule has 1 aromatic rings. The minimum absolute atomic E-state index is 0.369. The highest BCUT2D eigenvalue weighted by Crippen LogP contribution is 2.36. The van der Waals surface area contributed by atoms with Crippen LogP contribution in [0.4, 0.5) is 5.82 Å². The maximum atomic E-state index is 12.5. The van der Waals surface area contributed by atoms with E-state index in [1.807, 2.05) is 11.8 Å². The number of anilines is 1. The summed E-state index contributed by atoms with van der Waals surface area (Å²) in [7, 11) is 0. The smallest absolute Gasteiger partial charge is 0.222 e. The lowest BCUT2D eigenvalue weighted by molar-refractivity contribution is -0.132. The number of aromatic nitrogens is 2. The van der Waals surface area contributed by atoms with E-state index in [2.05, 4.69) is 25.8 Å². The van der Waals surface area contributed by atoms with Crippen molar-refractivity contribution in [1.82, 2.24) is 14.9 Å². The summed E-state index contributed by atoms with van der Waals surface area (Å²) in [6.45, 7) is 3.89. The van der Waals surface area contributed by atoms with Crippen LogP contribution >= 0.6 is 11.8 Å². The molecule has 6 heteroatoms. The summed E-state index contributed by atoms with van der Waals surface area (Å²) in [5.41, 5.74) is 1.22. The van der Waals surface area contributed by atoms with Crippen molar-refractivity contribution < 1.29 is 4.79 Å². The quantitative estimate of drug-likeness (QED) is 0.826. The molecule has 0 aromatic carbocycles. The zero-order valence-corrected chi connectivity index (χ0v) is 15.7. The first-order chi connectivity index (χ1) is 12.3. The highest BCUT2D eigenvalue weighted by Gasteiger charge is 2.26. The molecule has 3 heterocycles. The highest BCUT2D eigenvalue weighted by atomic mass is 32.2. The third-order valence-electron chi connectivity index (χ3n) is 5.96. The molecule has 0 bridgehead atoms. The Morgan fingerprint density at radius 1 is 1.08 bits per heavy atom. The molecule has 136 valence electrons. The molecule has 1 aromatic heterocycles. The molecule has 0 spiro atoms. The summed E-state index contributed by atoms with van der Waals surface area (Å²) in [6, 6.07) is 2.20. The molecule has 3 fully saturated rings. The summed E-state index contributed by atoms with van der Waals surface area (Å²) in [5.74, 6) is 4.83. The van der Waals surface area contributed by atoms with E-state index >= 15 is 0 Å². The Labute approximate surface area is 154 Å². The molecule has 1 amide bonds. The molecule has 0 radical (unpaired) electrons. The van der Waals surface area contributed by atoms with Gasteiger partial charge in [-0.1, -0.05) is 6.42 Å². The van der Waals surface area contributed by atoms with Crippen LogP contribution in [-0.2, 0) is 4.79 Å². The number of nitrogens with zero attached hydrogens (tertiary/aromatic N) is 4. The second-order valence-corrected chi connectivity index (χ2v) is 8.78. The first kappa shape index (κ1) is 17.1. The van der Waals surface area contributed by atoms with Crippen molar-refractivity contribution in [3.8, 4) is 0 Å². The van der Waals surface area contributed by atoms with Crippen molar-refractivity contribution in [1.29, 1.82) is 0 Å². The summed E-state index contributed by atoms with van der Waals surface area (Å²) in [4.78, 5) is 25.9. The lowest BCUT2D eigenvalue weighted by atomic mass is 9.83. The molecular weight excluding hydrogens is 332 g/mol. The van der Waals surface area contributed by atoms with Crippen molar-refractivity contribution in [2.75, 3.05) is 42.6 Å². The summed E-state index contributed by atoms with van der Waals surface area (Å²) in [6.07, 6.45) is 8.53. The Hall–Kier alpha value is -1.30. The van der Waals surface area contributed by atoms with E-state index in [4.69, 9.17) is 0 Å². The number of carbonyl (C=O) groups excluding carboxylic acids is 1. The number of hydrogen-bond donors (Lipinski definition) is 0. The number of carbonyl (C=O) groups is 1. The maximum Gasteiger partial charge on any atom is 0.222 e. The molecule has 5 nitrogen and oxygen atoms in total. The summed E-state index contributed by atoms with van der Waals surface area (Å²) >= 11 is 1.96. The van der Waals surface area contributed by atoms with Crippen LogP contribution in [0.2, 0.25) is 0 Å². The van der Waals surface area contributed by atoms with Crippen LogP contribution in [-0.4, -0.2) is 58.5 Å².